The molecule has 26 valence electrons. The van der Waals surface area contributed by atoms with Crippen LogP contribution in [-0.2, 0) is 4.79 Å². The maximum atomic E-state index is 8.50. The molecule has 0 aromatic carbocycles. The van der Waals surface area contributed by atoms with E-state index >= 15 is 0 Å². The highest BCUT2D eigenvalue weighted by molar-refractivity contribution is 7.78. The average Bonchev–Trinajstić information content (AvgIpc) is 1.46. The summed E-state index contributed by atoms with van der Waals surface area (Å²) in [5.41, 5.74) is 0. The second-order valence-corrected chi connectivity index (χ2v) is 0.250. The SMILES string of the molecule is C#N.O=C=S. The highest BCUT2D eigenvalue weighted by Gasteiger charge is 1.07. The molecule has 2 nitrogen and oxygen atoms in total. The second-order valence-electron chi connectivity index (χ2n) is 0.0833. The average molecular weight is 87.1 g/mol. The van der Waals surface area contributed by atoms with Crippen molar-refractivity contribution in [1.82, 2.24) is 0 Å². The third-order valence-electron chi connectivity index (χ3n) is 0. The molecule has 0 aliphatic heterocycles. The normalized spacial score (nSPS) is 2.00. The molecule has 0 saturated heterocycles. The van der Waals surface area contributed by atoms with E-state index in [1.165, 1.54) is 0 Å². The molecular weight excluding hydrogens is 86.1 g/mol. The highest BCUT2D eigenvalue weighted by Crippen LogP contribution is 1.14. The zero-order chi connectivity index (χ0) is 4.71. The summed E-state index contributed by atoms with van der Waals surface area (Å²) in [6.45, 7) is 3.50. The lowest BCUT2D eigenvalue weighted by atomic mass is 11.9. The Morgan fingerprint density at radius 2 is 1.80 bits per heavy atom. The molecule has 0 heterocycles. The number of nitriles is 1. The fraction of sp³-hybridized carbons (Fsp3) is 0. The highest BCUT2D eigenvalue weighted by atomic mass is 32.1. The van der Waals surface area contributed by atoms with E-state index in [9.17, 15) is 0 Å². The van der Waals surface area contributed by atoms with E-state index in [2.05, 4.69) is 18.8 Å². The molecule has 0 spiro atoms. The summed E-state index contributed by atoms with van der Waals surface area (Å²) >= 11 is 3.59. The summed E-state index contributed by atoms with van der Waals surface area (Å²) in [4.78, 5) is 8.50. The molecule has 0 amide bonds. The van der Waals surface area contributed by atoms with Crippen LogP contribution in [0.25, 0.3) is 0 Å². The van der Waals surface area contributed by atoms with Gasteiger partial charge >= 0.3 is 0 Å². The lowest BCUT2D eigenvalue weighted by molar-refractivity contribution is 0.572. The largest absolute Gasteiger partial charge is 0.220 e. The first-order valence-corrected chi connectivity index (χ1v) is 1.07. The topological polar surface area (TPSA) is 40.9 Å². The first kappa shape index (κ1) is 8.85. The number of nitrogens with zero attached hydrogens (tertiary/aromatic N) is 1. The van der Waals surface area contributed by atoms with Crippen molar-refractivity contribution in [3.05, 3.63) is 0 Å². The second kappa shape index (κ2) is 205. The molecule has 3 heteroatoms. The predicted octanol–water partition coefficient (Wildman–Crippen LogP) is 0.391. The molecule has 0 bridgehead atoms. The number of thiocarbonyl (C=S) groups is 1. The van der Waals surface area contributed by atoms with Crippen LogP contribution in [0.4, 0.5) is 0 Å². The predicted molar refractivity (Wildman–Crippen MR) is 20.0 cm³/mol. The molecule has 0 aliphatic rings. The van der Waals surface area contributed by atoms with Crippen LogP contribution >= 0.6 is 12.2 Å². The summed E-state index contributed by atoms with van der Waals surface area (Å²) < 4.78 is 0. The molecule has 0 radical (unpaired) electrons. The Labute approximate surface area is 35.0 Å². The summed E-state index contributed by atoms with van der Waals surface area (Å²) in [5.74, 6) is 0. The Morgan fingerprint density at radius 1 is 1.80 bits per heavy atom. The van der Waals surface area contributed by atoms with Crippen LogP contribution < -0.4 is 0 Å². The molecule has 0 unspecified atom stereocenters. The maximum Gasteiger partial charge on any atom is 0.202 e. The molecule has 0 aromatic heterocycles. The maximum absolute atomic E-state index is 8.50. The van der Waals surface area contributed by atoms with Crippen molar-refractivity contribution >= 4 is 17.5 Å². The van der Waals surface area contributed by atoms with Gasteiger partial charge < -0.3 is 0 Å². The molecule has 0 aromatic rings. The van der Waals surface area contributed by atoms with Crippen LogP contribution in [-0.4, -0.2) is 5.23 Å². The van der Waals surface area contributed by atoms with E-state index in [4.69, 9.17) is 10.1 Å². The van der Waals surface area contributed by atoms with E-state index in [1.807, 2.05) is 0 Å². The van der Waals surface area contributed by atoms with Crippen molar-refractivity contribution in [2.75, 3.05) is 0 Å². The molecule has 5 heavy (non-hydrogen) atoms. The van der Waals surface area contributed by atoms with Crippen molar-refractivity contribution < 1.29 is 4.79 Å². The van der Waals surface area contributed by atoms with E-state index in [0.717, 1.165) is 5.23 Å². The van der Waals surface area contributed by atoms with Crippen LogP contribution in [0, 0.1) is 11.8 Å². The fourth-order valence-electron chi connectivity index (χ4n) is 0. The molecular formula is C2HNOS. The van der Waals surface area contributed by atoms with Gasteiger partial charge in [-0.15, -0.1) is 0 Å². The molecule has 0 N–H and O–H groups in total. The quantitative estimate of drug-likeness (QED) is 0.401. The zero-order valence-corrected chi connectivity index (χ0v) is 3.16. The Hall–Kier alpha value is -0.710. The molecule has 0 aliphatic carbocycles. The smallest absolute Gasteiger partial charge is 0.202 e. The monoisotopic (exact) mass is 87.0 g/mol. The number of rotatable bonds is 0. The zero-order valence-electron chi connectivity index (χ0n) is 2.34. The van der Waals surface area contributed by atoms with Crippen LogP contribution in [0.2, 0.25) is 0 Å². The van der Waals surface area contributed by atoms with Gasteiger partial charge in [0.15, 0.2) is 0 Å². The Morgan fingerprint density at radius 3 is 1.80 bits per heavy atom. The third-order valence-corrected chi connectivity index (χ3v) is 0. The summed E-state index contributed by atoms with van der Waals surface area (Å²) in [5, 5.41) is 7.58. The van der Waals surface area contributed by atoms with Gasteiger partial charge in [-0.2, -0.15) is 0 Å². The first-order chi connectivity index (χ1) is 2.41. The molecule has 0 atom stereocenters. The van der Waals surface area contributed by atoms with Crippen LogP contribution in [0.5, 0.6) is 0 Å². The van der Waals surface area contributed by atoms with Crippen molar-refractivity contribution in [3.63, 3.8) is 0 Å². The van der Waals surface area contributed by atoms with Crippen LogP contribution in [0.3, 0.4) is 0 Å². The number of carbonyl (C=O) groups excluding carboxylic acids is 1. The van der Waals surface area contributed by atoms with Crippen LogP contribution in [0.1, 0.15) is 0 Å². The lowest BCUT2D eigenvalue weighted by Crippen LogP contribution is -1.08. The van der Waals surface area contributed by atoms with Gasteiger partial charge in [0.05, 0.1) is 0 Å². The van der Waals surface area contributed by atoms with E-state index in [1.54, 1.807) is 0 Å². The van der Waals surface area contributed by atoms with E-state index in [-0.39, 0.29) is 0 Å². The third kappa shape index (κ3) is 10.9. The van der Waals surface area contributed by atoms with Gasteiger partial charge in [0.1, 0.15) is 0 Å². The molecule has 0 fully saturated rings. The summed E-state index contributed by atoms with van der Waals surface area (Å²) in [6, 6.07) is 0. The van der Waals surface area contributed by atoms with Crippen molar-refractivity contribution in [3.8, 4) is 6.57 Å². The minimum Gasteiger partial charge on any atom is -0.220 e. The van der Waals surface area contributed by atoms with E-state index < -0.39 is 0 Å². The molecule has 0 saturated carbocycles. The van der Waals surface area contributed by atoms with Gasteiger partial charge in [0, 0.05) is 18.8 Å². The molecule has 0 rings (SSSR count). The lowest BCUT2D eigenvalue weighted by Gasteiger charge is -0.970. The van der Waals surface area contributed by atoms with Crippen molar-refractivity contribution in [2.24, 2.45) is 0 Å². The number of hydrogen-bond acceptors (Lipinski definition) is 3. The van der Waals surface area contributed by atoms with Crippen LogP contribution in [0.15, 0.2) is 0 Å². The Bertz CT molecular complexity index is 51.9. The summed E-state index contributed by atoms with van der Waals surface area (Å²) in [6.07, 6.45) is 0. The van der Waals surface area contributed by atoms with Gasteiger partial charge in [-0.3, -0.25) is 0 Å². The van der Waals surface area contributed by atoms with Crippen molar-refractivity contribution in [2.45, 2.75) is 0 Å². The van der Waals surface area contributed by atoms with Gasteiger partial charge in [-0.05, 0) is 0 Å². The standard InChI is InChI=1S/CHN.COS/c1-2;2-1-3/h1H;. The number of hydrogen-bond donors (Lipinski definition) is 0. The Balaban J connectivity index is 0. The fourth-order valence-corrected chi connectivity index (χ4v) is 0. The van der Waals surface area contributed by atoms with Gasteiger partial charge in [-0.25, -0.2) is 10.1 Å². The van der Waals surface area contributed by atoms with Crippen molar-refractivity contribution in [1.29, 1.82) is 5.26 Å². The first-order valence-electron chi connectivity index (χ1n) is 0.666. The minimum absolute atomic E-state index is 1.08. The minimum atomic E-state index is 1.08. The van der Waals surface area contributed by atoms with Gasteiger partial charge in [-0.1, -0.05) is 0 Å². The van der Waals surface area contributed by atoms with E-state index in [0.29, 0.717) is 0 Å². The summed E-state index contributed by atoms with van der Waals surface area (Å²) in [7, 11) is 0. The van der Waals surface area contributed by atoms with Gasteiger partial charge in [0.25, 0.3) is 0 Å². The Kier molecular flexibility index (Phi) is 363. The van der Waals surface area contributed by atoms with Gasteiger partial charge in [0.2, 0.25) is 5.23 Å².